The van der Waals surface area contributed by atoms with E-state index in [1.54, 1.807) is 6.92 Å². The molecule has 1 heterocycles. The predicted octanol–water partition coefficient (Wildman–Crippen LogP) is 6.62. The molecule has 1 aliphatic rings. The summed E-state index contributed by atoms with van der Waals surface area (Å²) < 4.78 is 41.1. The summed E-state index contributed by atoms with van der Waals surface area (Å²) in [6, 6.07) is 5.71. The summed E-state index contributed by atoms with van der Waals surface area (Å²) in [7, 11) is 0. The van der Waals surface area contributed by atoms with E-state index in [4.69, 9.17) is 9.47 Å². The van der Waals surface area contributed by atoms with Crippen LogP contribution in [0, 0.1) is 10.1 Å². The minimum atomic E-state index is -3.13. The molecule has 0 saturated carbocycles. The number of alkyl halides is 2. The molecule has 1 unspecified atom stereocenters. The molecule has 188 valence electrons. The highest BCUT2D eigenvalue weighted by Gasteiger charge is 2.41. The Morgan fingerprint density at radius 2 is 1.74 bits per heavy atom. The van der Waals surface area contributed by atoms with Crippen molar-refractivity contribution >= 4 is 6.16 Å². The molecule has 2 rings (SSSR count). The molecule has 0 bridgehead atoms. The fraction of sp³-hybridized carbons (Fsp3) is 0.542. The van der Waals surface area contributed by atoms with Crippen LogP contribution < -0.4 is 10.1 Å². The van der Waals surface area contributed by atoms with Gasteiger partial charge in [-0.25, -0.2) is 4.79 Å². The number of benzene rings is 1. The molecular weight excluding hydrogens is 450 g/mol. The Morgan fingerprint density at radius 3 is 2.38 bits per heavy atom. The molecular formula is C24H32F2N2O6. The van der Waals surface area contributed by atoms with Crippen LogP contribution in [0.15, 0.2) is 47.1 Å². The van der Waals surface area contributed by atoms with Crippen molar-refractivity contribution in [2.24, 2.45) is 0 Å². The fourth-order valence-corrected chi connectivity index (χ4v) is 3.89. The van der Waals surface area contributed by atoms with Gasteiger partial charge in [-0.15, -0.1) is 0 Å². The van der Waals surface area contributed by atoms with Gasteiger partial charge in [0.05, 0.1) is 22.9 Å². The van der Waals surface area contributed by atoms with Gasteiger partial charge in [-0.1, -0.05) is 63.6 Å². The number of hydrogen-bond donors (Lipinski definition) is 1. The van der Waals surface area contributed by atoms with Crippen molar-refractivity contribution in [1.82, 2.24) is 5.32 Å². The van der Waals surface area contributed by atoms with Gasteiger partial charge < -0.3 is 19.5 Å². The number of nitrogens with zero attached hydrogens (tertiary/aromatic N) is 1. The Balaban J connectivity index is 2.16. The molecule has 0 spiro atoms. The highest BCUT2D eigenvalue weighted by Crippen LogP contribution is 2.42. The van der Waals surface area contributed by atoms with E-state index in [9.17, 15) is 23.7 Å². The second-order valence-corrected chi connectivity index (χ2v) is 8.05. The zero-order valence-electron chi connectivity index (χ0n) is 19.8. The summed E-state index contributed by atoms with van der Waals surface area (Å²) in [4.78, 5) is 23.6. The Labute approximate surface area is 198 Å². The van der Waals surface area contributed by atoms with E-state index >= 15 is 0 Å². The van der Waals surface area contributed by atoms with E-state index in [1.165, 1.54) is 50.5 Å². The number of nitrogens with one attached hydrogen (secondary N) is 1. The van der Waals surface area contributed by atoms with Crippen molar-refractivity contribution in [2.45, 2.75) is 78.2 Å². The number of unbranched alkanes of at least 4 members (excludes halogenated alkanes) is 6. The van der Waals surface area contributed by atoms with Crippen LogP contribution in [-0.2, 0) is 9.47 Å². The third kappa shape index (κ3) is 7.71. The number of halogens is 2. The van der Waals surface area contributed by atoms with E-state index < -0.39 is 23.6 Å². The second-order valence-electron chi connectivity index (χ2n) is 8.05. The number of carbonyl (C=O) groups is 1. The van der Waals surface area contributed by atoms with Gasteiger partial charge in [-0.3, -0.25) is 10.1 Å². The highest BCUT2D eigenvalue weighted by atomic mass is 19.3. The Morgan fingerprint density at radius 1 is 1.09 bits per heavy atom. The van der Waals surface area contributed by atoms with Gasteiger partial charge in [0.2, 0.25) is 0 Å². The number of allylic oxidation sites excluding steroid dienone is 2. The van der Waals surface area contributed by atoms with Gasteiger partial charge in [-0.05, 0) is 26.3 Å². The Hall–Kier alpha value is -3.17. The van der Waals surface area contributed by atoms with Gasteiger partial charge in [0.15, 0.2) is 0 Å². The lowest BCUT2D eigenvalue weighted by Gasteiger charge is -2.27. The first kappa shape index (κ1) is 27.1. The number of ether oxygens (including phenoxy) is 3. The van der Waals surface area contributed by atoms with E-state index in [0.717, 1.165) is 19.3 Å². The van der Waals surface area contributed by atoms with Crippen LogP contribution in [0.25, 0.3) is 0 Å². The first-order valence-electron chi connectivity index (χ1n) is 11.5. The third-order valence-corrected chi connectivity index (χ3v) is 5.47. The molecule has 34 heavy (non-hydrogen) atoms. The summed E-state index contributed by atoms with van der Waals surface area (Å²) in [5, 5.41) is 14.7. The lowest BCUT2D eigenvalue weighted by molar-refractivity contribution is -0.431. The number of dihydropyridines is 1. The summed E-state index contributed by atoms with van der Waals surface area (Å²) in [5.41, 5.74) is 0.256. The van der Waals surface area contributed by atoms with Crippen LogP contribution >= 0.6 is 0 Å². The molecule has 10 heteroatoms. The van der Waals surface area contributed by atoms with E-state index in [0.29, 0.717) is 12.1 Å². The molecule has 0 amide bonds. The standard InChI is InChI=1S/C24H32F2N2O6/c1-4-5-6-7-8-9-12-15-32-24(29)34-22-17(3)27-16(2)21(28(30)31)20(22)18-13-10-11-14-19(18)33-23(25)26/h10-11,13-14,20,23,27H,4-9,12,15H2,1-3H3. The van der Waals surface area contributed by atoms with E-state index in [-0.39, 0.29) is 35.1 Å². The lowest BCUT2D eigenvalue weighted by atomic mass is 9.89. The minimum Gasteiger partial charge on any atom is -0.435 e. The van der Waals surface area contributed by atoms with Gasteiger partial charge in [0.25, 0.3) is 5.70 Å². The molecule has 0 fully saturated rings. The second kappa shape index (κ2) is 13.5. The number of para-hydroxylation sites is 1. The van der Waals surface area contributed by atoms with E-state index in [2.05, 4.69) is 17.0 Å². The maximum absolute atomic E-state index is 13.0. The number of nitro groups is 1. The topological polar surface area (TPSA) is 99.9 Å². The molecule has 1 aromatic rings. The summed E-state index contributed by atoms with van der Waals surface area (Å²) >= 11 is 0. The van der Waals surface area contributed by atoms with Crippen molar-refractivity contribution in [3.8, 4) is 5.75 Å². The Kier molecular flexibility index (Phi) is 10.8. The molecule has 1 aromatic carbocycles. The van der Waals surface area contributed by atoms with Crippen molar-refractivity contribution in [3.63, 3.8) is 0 Å². The number of rotatable bonds is 13. The minimum absolute atomic E-state index is 0.0737. The van der Waals surface area contributed by atoms with Gasteiger partial charge >= 0.3 is 12.8 Å². The average Bonchev–Trinajstić information content (AvgIpc) is 2.77. The maximum atomic E-state index is 13.0. The monoisotopic (exact) mass is 482 g/mol. The van der Waals surface area contributed by atoms with Crippen LogP contribution in [-0.4, -0.2) is 24.3 Å². The molecule has 8 nitrogen and oxygen atoms in total. The first-order valence-corrected chi connectivity index (χ1v) is 11.5. The molecule has 1 aliphatic heterocycles. The van der Waals surface area contributed by atoms with Crippen molar-refractivity contribution < 1.29 is 32.7 Å². The van der Waals surface area contributed by atoms with E-state index in [1.807, 2.05) is 0 Å². The average molecular weight is 483 g/mol. The van der Waals surface area contributed by atoms with Gasteiger partial charge in [0.1, 0.15) is 17.4 Å². The lowest BCUT2D eigenvalue weighted by Crippen LogP contribution is -2.30. The summed E-state index contributed by atoms with van der Waals surface area (Å²) in [5.74, 6) is -1.61. The zero-order chi connectivity index (χ0) is 25.1. The van der Waals surface area contributed by atoms with Crippen LogP contribution in [0.2, 0.25) is 0 Å². The van der Waals surface area contributed by atoms with Crippen LogP contribution in [0.5, 0.6) is 5.75 Å². The van der Waals surface area contributed by atoms with Crippen molar-refractivity contribution in [1.29, 1.82) is 0 Å². The van der Waals surface area contributed by atoms with Gasteiger partial charge in [-0.2, -0.15) is 8.78 Å². The van der Waals surface area contributed by atoms with Crippen molar-refractivity contribution in [2.75, 3.05) is 6.61 Å². The molecule has 0 radical (unpaired) electrons. The number of hydrogen-bond acceptors (Lipinski definition) is 7. The first-order chi connectivity index (χ1) is 16.3. The molecule has 0 saturated heterocycles. The normalized spacial score (nSPS) is 15.9. The molecule has 0 aromatic heterocycles. The molecule has 1 N–H and O–H groups in total. The SMILES string of the molecule is CCCCCCCCCOC(=O)OC1=C(C)NC(C)=C([N+](=O)[O-])C1c1ccccc1OC(F)F. The zero-order valence-corrected chi connectivity index (χ0v) is 19.8. The van der Waals surface area contributed by atoms with Crippen molar-refractivity contribution in [3.05, 3.63) is 62.8 Å². The number of carbonyl (C=O) groups excluding carboxylic acids is 1. The van der Waals surface area contributed by atoms with Crippen LogP contribution in [0.3, 0.4) is 0 Å². The predicted molar refractivity (Wildman–Crippen MR) is 122 cm³/mol. The summed E-state index contributed by atoms with van der Waals surface area (Å²) in [6.07, 6.45) is 6.31. The summed E-state index contributed by atoms with van der Waals surface area (Å²) in [6.45, 7) is 2.23. The third-order valence-electron chi connectivity index (χ3n) is 5.47. The van der Waals surface area contributed by atoms with Crippen LogP contribution in [0.1, 0.15) is 77.2 Å². The highest BCUT2D eigenvalue weighted by molar-refractivity contribution is 5.63. The fourth-order valence-electron chi connectivity index (χ4n) is 3.89. The van der Waals surface area contributed by atoms with Crippen LogP contribution in [0.4, 0.5) is 13.6 Å². The van der Waals surface area contributed by atoms with Gasteiger partial charge in [0, 0.05) is 5.56 Å². The molecule has 1 atom stereocenters. The Bertz CT molecular complexity index is 916. The molecule has 0 aliphatic carbocycles. The smallest absolute Gasteiger partial charge is 0.435 e. The largest absolute Gasteiger partial charge is 0.513 e. The quantitative estimate of drug-likeness (QED) is 0.146. The maximum Gasteiger partial charge on any atom is 0.513 e.